The Hall–Kier alpha value is -3.20. The van der Waals surface area contributed by atoms with Crippen LogP contribution in [0.4, 0.5) is 11.4 Å². The molecule has 0 aliphatic heterocycles. The average Bonchev–Trinajstić information content (AvgIpc) is 2.73. The number of nitrogens with one attached hydrogen (secondary N) is 2. The van der Waals surface area contributed by atoms with E-state index in [0.29, 0.717) is 28.4 Å². The standard InChI is InChI=1S/C22H26N2O6S/c1-14(2)30-22(27)15-6-5-7-16(10-15)23-20(25)12-31-13-21(26)24-17-8-9-18(28-3)19(11-17)29-4/h5-11,14H,12-13H2,1-4H3,(H,23,25)(H,24,26). The molecule has 9 heteroatoms. The van der Waals surface area contributed by atoms with Crippen LogP contribution in [0.15, 0.2) is 42.5 Å². The van der Waals surface area contributed by atoms with Crippen molar-refractivity contribution >= 4 is 40.9 Å². The molecular formula is C22H26N2O6S. The van der Waals surface area contributed by atoms with E-state index in [1.807, 2.05) is 0 Å². The molecule has 0 saturated heterocycles. The van der Waals surface area contributed by atoms with Gasteiger partial charge in [-0.1, -0.05) is 6.07 Å². The summed E-state index contributed by atoms with van der Waals surface area (Å²) in [5, 5.41) is 5.46. The lowest BCUT2D eigenvalue weighted by Gasteiger charge is -2.11. The van der Waals surface area contributed by atoms with Gasteiger partial charge >= 0.3 is 5.97 Å². The maximum atomic E-state index is 12.2. The molecule has 0 aliphatic carbocycles. The highest BCUT2D eigenvalue weighted by Crippen LogP contribution is 2.29. The molecule has 0 aromatic heterocycles. The zero-order valence-electron chi connectivity index (χ0n) is 17.9. The van der Waals surface area contributed by atoms with Crippen LogP contribution in [-0.2, 0) is 14.3 Å². The van der Waals surface area contributed by atoms with E-state index >= 15 is 0 Å². The van der Waals surface area contributed by atoms with Crippen molar-refractivity contribution in [2.24, 2.45) is 0 Å². The first kappa shape index (κ1) is 24.1. The van der Waals surface area contributed by atoms with Gasteiger partial charge in [0, 0.05) is 17.4 Å². The highest BCUT2D eigenvalue weighted by atomic mass is 32.2. The Balaban J connectivity index is 1.80. The fourth-order valence-electron chi connectivity index (χ4n) is 2.55. The normalized spacial score (nSPS) is 10.4. The van der Waals surface area contributed by atoms with E-state index in [1.54, 1.807) is 56.3 Å². The van der Waals surface area contributed by atoms with Crippen LogP contribution >= 0.6 is 11.8 Å². The maximum absolute atomic E-state index is 12.2. The summed E-state index contributed by atoms with van der Waals surface area (Å²) in [6.07, 6.45) is -0.229. The smallest absolute Gasteiger partial charge is 0.338 e. The van der Waals surface area contributed by atoms with Crippen LogP contribution in [0, 0.1) is 0 Å². The number of hydrogen-bond acceptors (Lipinski definition) is 7. The van der Waals surface area contributed by atoms with Crippen molar-refractivity contribution in [3.8, 4) is 11.5 Å². The molecule has 2 amide bonds. The summed E-state index contributed by atoms with van der Waals surface area (Å²) in [6.45, 7) is 3.53. The van der Waals surface area contributed by atoms with Gasteiger partial charge in [-0.05, 0) is 44.2 Å². The second kappa shape index (κ2) is 11.8. The number of carbonyl (C=O) groups excluding carboxylic acids is 3. The van der Waals surface area contributed by atoms with Gasteiger partial charge in [0.2, 0.25) is 11.8 Å². The van der Waals surface area contributed by atoms with E-state index in [4.69, 9.17) is 14.2 Å². The first-order chi connectivity index (χ1) is 14.8. The number of carbonyl (C=O) groups is 3. The minimum absolute atomic E-state index is 0.0834. The van der Waals surface area contributed by atoms with Crippen molar-refractivity contribution in [3.63, 3.8) is 0 Å². The summed E-state index contributed by atoms with van der Waals surface area (Å²) < 4.78 is 15.5. The molecule has 31 heavy (non-hydrogen) atoms. The molecule has 0 fully saturated rings. The summed E-state index contributed by atoms with van der Waals surface area (Å²) in [7, 11) is 3.05. The van der Waals surface area contributed by atoms with Crippen LogP contribution in [0.1, 0.15) is 24.2 Å². The topological polar surface area (TPSA) is 103 Å². The van der Waals surface area contributed by atoms with Gasteiger partial charge in [0.15, 0.2) is 11.5 Å². The molecule has 0 atom stereocenters. The molecule has 2 rings (SSSR count). The monoisotopic (exact) mass is 446 g/mol. The van der Waals surface area contributed by atoms with E-state index in [2.05, 4.69) is 10.6 Å². The van der Waals surface area contributed by atoms with Crippen LogP contribution in [-0.4, -0.2) is 49.6 Å². The third-order valence-electron chi connectivity index (χ3n) is 3.86. The number of methoxy groups -OCH3 is 2. The maximum Gasteiger partial charge on any atom is 0.338 e. The number of rotatable bonds is 10. The Kier molecular flexibility index (Phi) is 9.20. The molecular weight excluding hydrogens is 420 g/mol. The molecule has 0 heterocycles. The molecule has 166 valence electrons. The quantitative estimate of drug-likeness (QED) is 0.538. The van der Waals surface area contributed by atoms with Crippen LogP contribution in [0.2, 0.25) is 0 Å². The third-order valence-corrected chi connectivity index (χ3v) is 4.79. The third kappa shape index (κ3) is 7.86. The highest BCUT2D eigenvalue weighted by molar-refractivity contribution is 8.00. The fourth-order valence-corrected chi connectivity index (χ4v) is 3.17. The summed E-state index contributed by atoms with van der Waals surface area (Å²) in [6, 6.07) is 11.6. The molecule has 8 nitrogen and oxygen atoms in total. The SMILES string of the molecule is COc1ccc(NC(=O)CSCC(=O)Nc2cccc(C(=O)OC(C)C)c2)cc1OC. The van der Waals surface area contributed by atoms with Gasteiger partial charge in [-0.15, -0.1) is 11.8 Å². The highest BCUT2D eigenvalue weighted by Gasteiger charge is 2.12. The first-order valence-corrected chi connectivity index (χ1v) is 10.7. The van der Waals surface area contributed by atoms with Crippen molar-refractivity contribution in [2.75, 3.05) is 36.4 Å². The van der Waals surface area contributed by atoms with Crippen molar-refractivity contribution in [1.82, 2.24) is 0 Å². The number of benzene rings is 2. The molecule has 0 radical (unpaired) electrons. The van der Waals surface area contributed by atoms with Gasteiger partial charge in [0.25, 0.3) is 0 Å². The van der Waals surface area contributed by atoms with Crippen LogP contribution in [0.3, 0.4) is 0 Å². The predicted octanol–water partition coefficient (Wildman–Crippen LogP) is 3.58. The van der Waals surface area contributed by atoms with Gasteiger partial charge < -0.3 is 24.8 Å². The Labute approximate surface area is 185 Å². The van der Waals surface area contributed by atoms with Gasteiger partial charge in [-0.3, -0.25) is 9.59 Å². The van der Waals surface area contributed by atoms with Crippen molar-refractivity contribution in [3.05, 3.63) is 48.0 Å². The summed E-state index contributed by atoms with van der Waals surface area (Å²) in [5.41, 5.74) is 1.41. The number of esters is 1. The largest absolute Gasteiger partial charge is 0.493 e. The van der Waals surface area contributed by atoms with Crippen LogP contribution in [0.25, 0.3) is 0 Å². The number of anilines is 2. The van der Waals surface area contributed by atoms with E-state index in [9.17, 15) is 14.4 Å². The molecule has 0 saturated carbocycles. The molecule has 2 aromatic carbocycles. The van der Waals surface area contributed by atoms with E-state index < -0.39 is 5.97 Å². The Morgan fingerprint density at radius 3 is 2.06 bits per heavy atom. The number of amides is 2. The van der Waals surface area contributed by atoms with Gasteiger partial charge in [-0.25, -0.2) is 4.79 Å². The number of thioether (sulfide) groups is 1. The van der Waals surface area contributed by atoms with Crippen molar-refractivity contribution in [1.29, 1.82) is 0 Å². The summed E-state index contributed by atoms with van der Waals surface area (Å²) in [4.78, 5) is 36.2. The lowest BCUT2D eigenvalue weighted by atomic mass is 10.2. The van der Waals surface area contributed by atoms with Gasteiger partial charge in [0.05, 0.1) is 37.4 Å². The summed E-state index contributed by atoms with van der Waals surface area (Å²) >= 11 is 1.17. The van der Waals surface area contributed by atoms with Crippen molar-refractivity contribution < 1.29 is 28.6 Å². The second-order valence-electron chi connectivity index (χ2n) is 6.69. The number of hydrogen-bond donors (Lipinski definition) is 2. The zero-order valence-corrected chi connectivity index (χ0v) is 18.7. The zero-order chi connectivity index (χ0) is 22.8. The number of ether oxygens (including phenoxy) is 3. The minimum atomic E-state index is -0.452. The van der Waals surface area contributed by atoms with E-state index in [-0.39, 0.29) is 29.4 Å². The summed E-state index contributed by atoms with van der Waals surface area (Å²) in [5.74, 6) is 0.275. The molecule has 0 bridgehead atoms. The Morgan fingerprint density at radius 2 is 1.48 bits per heavy atom. The lowest BCUT2D eigenvalue weighted by molar-refractivity contribution is -0.114. The van der Waals surface area contributed by atoms with Gasteiger partial charge in [-0.2, -0.15) is 0 Å². The molecule has 2 N–H and O–H groups in total. The molecule has 2 aromatic rings. The fraction of sp³-hybridized carbons (Fsp3) is 0.318. The Morgan fingerprint density at radius 1 is 0.871 bits per heavy atom. The predicted molar refractivity (Wildman–Crippen MR) is 121 cm³/mol. The first-order valence-electron chi connectivity index (χ1n) is 9.53. The Bertz CT molecular complexity index is 932. The van der Waals surface area contributed by atoms with Crippen LogP contribution < -0.4 is 20.1 Å². The van der Waals surface area contributed by atoms with E-state index in [1.165, 1.54) is 26.0 Å². The average molecular weight is 447 g/mol. The van der Waals surface area contributed by atoms with E-state index in [0.717, 1.165) is 0 Å². The second-order valence-corrected chi connectivity index (χ2v) is 7.68. The van der Waals surface area contributed by atoms with Crippen LogP contribution in [0.5, 0.6) is 11.5 Å². The van der Waals surface area contributed by atoms with Crippen molar-refractivity contribution in [2.45, 2.75) is 20.0 Å². The minimum Gasteiger partial charge on any atom is -0.493 e. The lowest BCUT2D eigenvalue weighted by Crippen LogP contribution is -2.19. The van der Waals surface area contributed by atoms with Gasteiger partial charge in [0.1, 0.15) is 0 Å². The molecule has 0 aliphatic rings. The molecule has 0 unspecified atom stereocenters. The molecule has 0 spiro atoms.